The summed E-state index contributed by atoms with van der Waals surface area (Å²) in [7, 11) is 0. The number of aryl methyl sites for hydroxylation is 1. The number of anilines is 2. The van der Waals surface area contributed by atoms with E-state index in [9.17, 15) is 5.11 Å². The lowest BCUT2D eigenvalue weighted by Crippen LogP contribution is -2.25. The Bertz CT molecular complexity index is 466. The van der Waals surface area contributed by atoms with Crippen LogP contribution in [0.15, 0.2) is 0 Å². The highest BCUT2D eigenvalue weighted by atomic mass is 16.3. The number of hydrogen-bond donors (Lipinski definition) is 4. The number of aliphatic hydroxyl groups excluding tert-OH is 1. The summed E-state index contributed by atoms with van der Waals surface area (Å²) >= 11 is 0. The van der Waals surface area contributed by atoms with Crippen LogP contribution in [0.2, 0.25) is 0 Å². The third-order valence-corrected chi connectivity index (χ3v) is 4.12. The zero-order valence-electron chi connectivity index (χ0n) is 13.0. The van der Waals surface area contributed by atoms with E-state index in [0.29, 0.717) is 11.7 Å². The van der Waals surface area contributed by atoms with Gasteiger partial charge in [-0.3, -0.25) is 0 Å². The first kappa shape index (κ1) is 16.0. The van der Waals surface area contributed by atoms with E-state index < -0.39 is 0 Å². The van der Waals surface area contributed by atoms with Crippen molar-refractivity contribution >= 4 is 11.6 Å². The van der Waals surface area contributed by atoms with Gasteiger partial charge in [0.15, 0.2) is 0 Å². The van der Waals surface area contributed by atoms with Crippen LogP contribution in [0, 0.1) is 12.8 Å². The van der Waals surface area contributed by atoms with Gasteiger partial charge >= 0.3 is 0 Å². The van der Waals surface area contributed by atoms with E-state index >= 15 is 0 Å². The lowest BCUT2D eigenvalue weighted by atomic mass is 9.87. The fourth-order valence-corrected chi connectivity index (χ4v) is 2.90. The normalized spacial score (nSPS) is 22.1. The third kappa shape index (κ3) is 4.28. The van der Waals surface area contributed by atoms with Crippen LogP contribution in [0.4, 0.5) is 11.6 Å². The molecule has 1 aliphatic rings. The number of nitrogen functional groups attached to an aromatic ring is 1. The number of nitrogens with one attached hydrogen (secondary N) is 2. The number of rotatable bonds is 6. The molecule has 6 nitrogen and oxygen atoms in total. The van der Waals surface area contributed by atoms with Crippen molar-refractivity contribution in [1.29, 1.82) is 0 Å². The Morgan fingerprint density at radius 3 is 2.71 bits per heavy atom. The molecule has 1 aromatic rings. The highest BCUT2D eigenvalue weighted by molar-refractivity contribution is 5.56. The average molecular weight is 293 g/mol. The molecule has 2 rings (SSSR count). The minimum absolute atomic E-state index is 0.144. The minimum Gasteiger partial charge on any atom is -0.393 e. The van der Waals surface area contributed by atoms with Gasteiger partial charge in [0.25, 0.3) is 0 Å². The molecule has 0 saturated heterocycles. The topological polar surface area (TPSA) is 96.1 Å². The van der Waals surface area contributed by atoms with E-state index in [0.717, 1.165) is 62.3 Å². The molecule has 21 heavy (non-hydrogen) atoms. The standard InChI is InChI=1S/C15H27N5O/c1-3-5-13-18-14(10(2)15(19-13)20-16)17-9-11-6-4-7-12(21)8-11/h11-12,21H,3-9,16H2,1-2H3,(H2,17,18,19,20). The smallest absolute Gasteiger partial charge is 0.148 e. The molecule has 1 fully saturated rings. The number of hydrogen-bond acceptors (Lipinski definition) is 6. The maximum atomic E-state index is 9.75. The lowest BCUT2D eigenvalue weighted by Gasteiger charge is -2.26. The highest BCUT2D eigenvalue weighted by Gasteiger charge is 2.20. The monoisotopic (exact) mass is 293 g/mol. The second-order valence-corrected chi connectivity index (χ2v) is 5.92. The SMILES string of the molecule is CCCc1nc(NN)c(C)c(NCC2CCCC(O)C2)n1. The van der Waals surface area contributed by atoms with Gasteiger partial charge < -0.3 is 15.8 Å². The van der Waals surface area contributed by atoms with Crippen LogP contribution in [-0.2, 0) is 6.42 Å². The quantitative estimate of drug-likeness (QED) is 0.473. The van der Waals surface area contributed by atoms with E-state index in [1.165, 1.54) is 0 Å². The molecule has 1 saturated carbocycles. The molecule has 0 amide bonds. The Balaban J connectivity index is 2.05. The Hall–Kier alpha value is -1.40. The Labute approximate surface area is 126 Å². The molecule has 2 unspecified atom stereocenters. The molecule has 1 heterocycles. The summed E-state index contributed by atoms with van der Waals surface area (Å²) in [6, 6.07) is 0. The first-order chi connectivity index (χ1) is 10.1. The molecule has 0 radical (unpaired) electrons. The summed E-state index contributed by atoms with van der Waals surface area (Å²) in [6.07, 6.45) is 5.78. The van der Waals surface area contributed by atoms with Gasteiger partial charge in [0.2, 0.25) is 0 Å². The molecular formula is C15H27N5O. The third-order valence-electron chi connectivity index (χ3n) is 4.12. The van der Waals surface area contributed by atoms with Crippen LogP contribution < -0.4 is 16.6 Å². The number of aromatic nitrogens is 2. The molecule has 0 aromatic carbocycles. The Kier molecular flexibility index (Phi) is 5.76. The van der Waals surface area contributed by atoms with Crippen LogP contribution in [0.1, 0.15) is 50.4 Å². The van der Waals surface area contributed by atoms with Gasteiger partial charge in [-0.25, -0.2) is 15.8 Å². The predicted molar refractivity (Wildman–Crippen MR) is 85.0 cm³/mol. The summed E-state index contributed by atoms with van der Waals surface area (Å²) < 4.78 is 0. The highest BCUT2D eigenvalue weighted by Crippen LogP contribution is 2.26. The second-order valence-electron chi connectivity index (χ2n) is 5.92. The van der Waals surface area contributed by atoms with Crippen LogP contribution in [-0.4, -0.2) is 27.7 Å². The van der Waals surface area contributed by atoms with Crippen molar-refractivity contribution < 1.29 is 5.11 Å². The maximum absolute atomic E-state index is 9.75. The fraction of sp³-hybridized carbons (Fsp3) is 0.733. The van der Waals surface area contributed by atoms with Crippen molar-refractivity contribution in [2.24, 2.45) is 11.8 Å². The fourth-order valence-electron chi connectivity index (χ4n) is 2.90. The van der Waals surface area contributed by atoms with Gasteiger partial charge in [-0.15, -0.1) is 0 Å². The van der Waals surface area contributed by atoms with Crippen molar-refractivity contribution in [2.45, 2.75) is 58.5 Å². The summed E-state index contributed by atoms with van der Waals surface area (Å²) in [6.45, 7) is 4.91. The predicted octanol–water partition coefficient (Wildman–Crippen LogP) is 1.99. The summed E-state index contributed by atoms with van der Waals surface area (Å²) in [4.78, 5) is 9.01. The maximum Gasteiger partial charge on any atom is 0.148 e. The molecule has 6 heteroatoms. The molecule has 118 valence electrons. The zero-order chi connectivity index (χ0) is 15.2. The van der Waals surface area contributed by atoms with Gasteiger partial charge in [0.05, 0.1) is 6.10 Å². The molecule has 1 aromatic heterocycles. The molecule has 1 aliphatic carbocycles. The molecule has 0 spiro atoms. The van der Waals surface area contributed by atoms with E-state index in [1.807, 2.05) is 6.92 Å². The van der Waals surface area contributed by atoms with Crippen molar-refractivity contribution in [2.75, 3.05) is 17.3 Å². The zero-order valence-corrected chi connectivity index (χ0v) is 13.0. The first-order valence-corrected chi connectivity index (χ1v) is 7.90. The molecule has 0 aliphatic heterocycles. The van der Waals surface area contributed by atoms with Gasteiger partial charge in [-0.1, -0.05) is 13.3 Å². The van der Waals surface area contributed by atoms with Gasteiger partial charge in [0.1, 0.15) is 17.5 Å². The van der Waals surface area contributed by atoms with Crippen LogP contribution in [0.3, 0.4) is 0 Å². The number of hydrazine groups is 1. The number of aliphatic hydroxyl groups is 1. The number of nitrogens with two attached hydrogens (primary N) is 1. The molecule has 5 N–H and O–H groups in total. The summed E-state index contributed by atoms with van der Waals surface area (Å²) in [5.74, 6) is 8.38. The molecule has 0 bridgehead atoms. The lowest BCUT2D eigenvalue weighted by molar-refractivity contribution is 0.104. The van der Waals surface area contributed by atoms with Crippen molar-refractivity contribution in [1.82, 2.24) is 9.97 Å². The van der Waals surface area contributed by atoms with Crippen molar-refractivity contribution in [3.05, 3.63) is 11.4 Å². The molecular weight excluding hydrogens is 266 g/mol. The van der Waals surface area contributed by atoms with E-state index in [4.69, 9.17) is 5.84 Å². The average Bonchev–Trinajstić information content (AvgIpc) is 2.48. The minimum atomic E-state index is -0.144. The van der Waals surface area contributed by atoms with Gasteiger partial charge in [-0.05, 0) is 38.5 Å². The van der Waals surface area contributed by atoms with E-state index in [-0.39, 0.29) is 6.10 Å². The Morgan fingerprint density at radius 1 is 1.29 bits per heavy atom. The van der Waals surface area contributed by atoms with E-state index in [1.54, 1.807) is 0 Å². The molecule has 2 atom stereocenters. The first-order valence-electron chi connectivity index (χ1n) is 7.90. The van der Waals surface area contributed by atoms with Gasteiger partial charge in [-0.2, -0.15) is 0 Å². The summed E-state index contributed by atoms with van der Waals surface area (Å²) in [5, 5.41) is 13.2. The summed E-state index contributed by atoms with van der Waals surface area (Å²) in [5.41, 5.74) is 3.59. The van der Waals surface area contributed by atoms with Crippen molar-refractivity contribution in [3.8, 4) is 0 Å². The largest absolute Gasteiger partial charge is 0.393 e. The van der Waals surface area contributed by atoms with Gasteiger partial charge in [0, 0.05) is 18.5 Å². The van der Waals surface area contributed by atoms with E-state index in [2.05, 4.69) is 27.6 Å². The Morgan fingerprint density at radius 2 is 2.05 bits per heavy atom. The van der Waals surface area contributed by atoms with Crippen molar-refractivity contribution in [3.63, 3.8) is 0 Å². The van der Waals surface area contributed by atoms with Crippen LogP contribution in [0.5, 0.6) is 0 Å². The number of nitrogens with zero attached hydrogens (tertiary/aromatic N) is 2. The van der Waals surface area contributed by atoms with Crippen LogP contribution in [0.25, 0.3) is 0 Å². The second kappa shape index (κ2) is 7.56. The van der Waals surface area contributed by atoms with Crippen LogP contribution >= 0.6 is 0 Å².